The Labute approximate surface area is 114 Å². The molecule has 0 aliphatic carbocycles. The van der Waals surface area contributed by atoms with Crippen molar-refractivity contribution in [1.82, 2.24) is 0 Å². The topological polar surface area (TPSA) is 47.3 Å². The maximum Gasteiger partial charge on any atom is 0.103 e. The summed E-state index contributed by atoms with van der Waals surface area (Å²) < 4.78 is 5.68. The van der Waals surface area contributed by atoms with Gasteiger partial charge in [-0.1, -0.05) is 19.1 Å². The quantitative estimate of drug-likeness (QED) is 0.802. The summed E-state index contributed by atoms with van der Waals surface area (Å²) in [6.45, 7) is 4.04. The SMILES string of the molecule is CCC1OCCC1CNc1ccc(C(N)=S)cc1. The van der Waals surface area contributed by atoms with E-state index in [0.717, 1.165) is 37.2 Å². The highest BCUT2D eigenvalue weighted by atomic mass is 32.1. The highest BCUT2D eigenvalue weighted by Gasteiger charge is 2.26. The van der Waals surface area contributed by atoms with Gasteiger partial charge in [-0.2, -0.15) is 0 Å². The van der Waals surface area contributed by atoms with Crippen LogP contribution < -0.4 is 11.1 Å². The van der Waals surface area contributed by atoms with Crippen LogP contribution in [0.4, 0.5) is 5.69 Å². The molecule has 2 atom stereocenters. The molecule has 1 saturated heterocycles. The number of hydrogen-bond acceptors (Lipinski definition) is 3. The monoisotopic (exact) mass is 264 g/mol. The predicted octanol–water partition coefficient (Wildman–Crippen LogP) is 2.55. The number of rotatable bonds is 5. The average Bonchev–Trinajstić information content (AvgIpc) is 2.84. The van der Waals surface area contributed by atoms with Gasteiger partial charge in [-0.25, -0.2) is 0 Å². The van der Waals surface area contributed by atoms with Crippen molar-refractivity contribution in [2.75, 3.05) is 18.5 Å². The van der Waals surface area contributed by atoms with E-state index >= 15 is 0 Å². The lowest BCUT2D eigenvalue weighted by atomic mass is 9.99. The summed E-state index contributed by atoms with van der Waals surface area (Å²) in [5.74, 6) is 0.616. The fourth-order valence-corrected chi connectivity index (χ4v) is 2.51. The molecule has 1 fully saturated rings. The number of benzene rings is 1. The van der Waals surface area contributed by atoms with E-state index in [0.29, 0.717) is 17.0 Å². The molecule has 1 aliphatic rings. The number of anilines is 1. The van der Waals surface area contributed by atoms with Gasteiger partial charge in [-0.05, 0) is 37.1 Å². The Kier molecular flexibility index (Phi) is 4.55. The number of hydrogen-bond donors (Lipinski definition) is 2. The minimum Gasteiger partial charge on any atom is -0.389 e. The maximum atomic E-state index is 5.68. The zero-order chi connectivity index (χ0) is 13.0. The molecule has 18 heavy (non-hydrogen) atoms. The van der Waals surface area contributed by atoms with E-state index in [-0.39, 0.29) is 0 Å². The molecule has 2 rings (SSSR count). The summed E-state index contributed by atoms with van der Waals surface area (Å²) in [5.41, 5.74) is 7.58. The van der Waals surface area contributed by atoms with Crippen LogP contribution >= 0.6 is 12.2 Å². The van der Waals surface area contributed by atoms with Crippen LogP contribution in [0.1, 0.15) is 25.3 Å². The lowest BCUT2D eigenvalue weighted by Crippen LogP contribution is -2.22. The third-order valence-corrected chi connectivity index (χ3v) is 3.72. The first-order valence-corrected chi connectivity index (χ1v) is 6.87. The van der Waals surface area contributed by atoms with Gasteiger partial charge in [0.25, 0.3) is 0 Å². The third-order valence-electron chi connectivity index (χ3n) is 3.49. The zero-order valence-corrected chi connectivity index (χ0v) is 11.5. The predicted molar refractivity (Wildman–Crippen MR) is 79.0 cm³/mol. The molecule has 3 nitrogen and oxygen atoms in total. The van der Waals surface area contributed by atoms with Gasteiger partial charge >= 0.3 is 0 Å². The van der Waals surface area contributed by atoms with Gasteiger partial charge in [-0.15, -0.1) is 0 Å². The van der Waals surface area contributed by atoms with Gasteiger partial charge in [0.15, 0.2) is 0 Å². The molecule has 1 aromatic rings. The standard InChI is InChI=1S/C14H20N2OS/c1-2-13-11(7-8-17-13)9-16-12-5-3-10(4-6-12)14(15)18/h3-6,11,13,16H,2,7-9H2,1H3,(H2,15,18). The Bertz CT molecular complexity index is 405. The number of nitrogens with two attached hydrogens (primary N) is 1. The van der Waals surface area contributed by atoms with E-state index in [9.17, 15) is 0 Å². The number of ether oxygens (including phenoxy) is 1. The summed E-state index contributed by atoms with van der Waals surface area (Å²) in [6.07, 6.45) is 2.65. The molecule has 0 saturated carbocycles. The van der Waals surface area contributed by atoms with Crippen molar-refractivity contribution in [2.45, 2.75) is 25.9 Å². The molecule has 0 spiro atoms. The van der Waals surface area contributed by atoms with Crippen molar-refractivity contribution >= 4 is 22.9 Å². The van der Waals surface area contributed by atoms with Crippen molar-refractivity contribution < 1.29 is 4.74 Å². The zero-order valence-electron chi connectivity index (χ0n) is 10.7. The fraction of sp³-hybridized carbons (Fsp3) is 0.500. The van der Waals surface area contributed by atoms with Gasteiger partial charge in [0.1, 0.15) is 4.99 Å². The summed E-state index contributed by atoms with van der Waals surface area (Å²) in [6, 6.07) is 7.94. The first-order valence-electron chi connectivity index (χ1n) is 6.46. The lowest BCUT2D eigenvalue weighted by molar-refractivity contribution is 0.0900. The molecule has 0 radical (unpaired) electrons. The van der Waals surface area contributed by atoms with E-state index in [2.05, 4.69) is 12.2 Å². The average molecular weight is 264 g/mol. The van der Waals surface area contributed by atoms with Crippen LogP contribution in [-0.2, 0) is 4.74 Å². The van der Waals surface area contributed by atoms with Crippen molar-refractivity contribution in [3.63, 3.8) is 0 Å². The van der Waals surface area contributed by atoms with Gasteiger partial charge in [0.2, 0.25) is 0 Å². The largest absolute Gasteiger partial charge is 0.389 e. The van der Waals surface area contributed by atoms with Crippen LogP contribution in [0, 0.1) is 5.92 Å². The first-order chi connectivity index (χ1) is 8.70. The Balaban J connectivity index is 1.88. The molecule has 0 bridgehead atoms. The Morgan fingerprint density at radius 1 is 1.44 bits per heavy atom. The lowest BCUT2D eigenvalue weighted by Gasteiger charge is -2.18. The highest BCUT2D eigenvalue weighted by molar-refractivity contribution is 7.80. The van der Waals surface area contributed by atoms with Gasteiger partial charge < -0.3 is 15.8 Å². The second kappa shape index (κ2) is 6.16. The molecule has 0 amide bonds. The van der Waals surface area contributed by atoms with E-state index in [1.54, 1.807) is 0 Å². The van der Waals surface area contributed by atoms with Crippen molar-refractivity contribution in [1.29, 1.82) is 0 Å². The second-order valence-corrected chi connectivity index (χ2v) is 5.13. The van der Waals surface area contributed by atoms with Crippen molar-refractivity contribution in [3.05, 3.63) is 29.8 Å². The van der Waals surface area contributed by atoms with Crippen molar-refractivity contribution in [2.24, 2.45) is 11.7 Å². The van der Waals surface area contributed by atoms with Crippen molar-refractivity contribution in [3.8, 4) is 0 Å². The van der Waals surface area contributed by atoms with Crippen LogP contribution in [0.25, 0.3) is 0 Å². The smallest absolute Gasteiger partial charge is 0.103 e. The number of thiocarbonyl (C=S) groups is 1. The van der Waals surface area contributed by atoms with Crippen LogP contribution in [0.5, 0.6) is 0 Å². The summed E-state index contributed by atoms with van der Waals surface area (Å²) >= 11 is 4.93. The van der Waals surface area contributed by atoms with Crippen LogP contribution in [0.2, 0.25) is 0 Å². The van der Waals surface area contributed by atoms with Gasteiger partial charge in [0.05, 0.1) is 6.10 Å². The Morgan fingerprint density at radius 3 is 2.78 bits per heavy atom. The number of nitrogens with one attached hydrogen (secondary N) is 1. The van der Waals surface area contributed by atoms with E-state index < -0.39 is 0 Å². The normalized spacial score (nSPS) is 22.9. The van der Waals surface area contributed by atoms with Crippen LogP contribution in [0.3, 0.4) is 0 Å². The minimum absolute atomic E-state index is 0.411. The molecule has 98 valence electrons. The van der Waals surface area contributed by atoms with Crippen LogP contribution in [0.15, 0.2) is 24.3 Å². The summed E-state index contributed by atoms with van der Waals surface area (Å²) in [5, 5.41) is 3.45. The fourth-order valence-electron chi connectivity index (χ4n) is 2.38. The van der Waals surface area contributed by atoms with Gasteiger partial charge in [0, 0.05) is 30.3 Å². The molecule has 0 aromatic heterocycles. The Morgan fingerprint density at radius 2 is 2.17 bits per heavy atom. The molecular formula is C14H20N2OS. The molecule has 1 heterocycles. The van der Waals surface area contributed by atoms with Crippen LogP contribution in [-0.4, -0.2) is 24.2 Å². The Hall–Kier alpha value is -1.13. The highest BCUT2D eigenvalue weighted by Crippen LogP contribution is 2.23. The maximum absolute atomic E-state index is 5.68. The summed E-state index contributed by atoms with van der Waals surface area (Å²) in [7, 11) is 0. The molecule has 2 unspecified atom stereocenters. The molecular weight excluding hydrogens is 244 g/mol. The second-order valence-electron chi connectivity index (χ2n) is 4.69. The molecule has 1 aromatic carbocycles. The van der Waals surface area contributed by atoms with E-state index in [1.807, 2.05) is 24.3 Å². The molecule has 4 heteroatoms. The van der Waals surface area contributed by atoms with E-state index in [4.69, 9.17) is 22.7 Å². The van der Waals surface area contributed by atoms with E-state index in [1.165, 1.54) is 0 Å². The first kappa shape index (κ1) is 13.3. The molecule has 3 N–H and O–H groups in total. The van der Waals surface area contributed by atoms with Gasteiger partial charge in [-0.3, -0.25) is 0 Å². The minimum atomic E-state index is 0.411. The summed E-state index contributed by atoms with van der Waals surface area (Å²) in [4.78, 5) is 0.441. The molecule has 1 aliphatic heterocycles. The third kappa shape index (κ3) is 3.21.